The van der Waals surface area contributed by atoms with Gasteiger partial charge >= 0.3 is 0 Å². The van der Waals surface area contributed by atoms with Crippen molar-refractivity contribution < 1.29 is 0 Å². The minimum atomic E-state index is 0.591. The van der Waals surface area contributed by atoms with Crippen LogP contribution in [0.25, 0.3) is 0 Å². The maximum Gasteiger partial charge on any atom is 0.0993 e. The van der Waals surface area contributed by atoms with E-state index in [1.165, 1.54) is 51.0 Å². The van der Waals surface area contributed by atoms with E-state index in [0.717, 1.165) is 0 Å². The summed E-state index contributed by atoms with van der Waals surface area (Å²) in [6.45, 7) is 9.10. The quantitative estimate of drug-likeness (QED) is 0.637. The van der Waals surface area contributed by atoms with Crippen molar-refractivity contribution in [1.29, 1.82) is 0 Å². The standard InChI is InChI=1S/C12H24N2/c1-4-7-11-10-14(9-6-3)12(13-11)8-5-2/h11H,4-10H2,1-3H3. The predicted octanol–water partition coefficient (Wildman–Crippen LogP) is 3.08. The summed E-state index contributed by atoms with van der Waals surface area (Å²) in [6, 6.07) is 0.591. The van der Waals surface area contributed by atoms with Crippen LogP contribution >= 0.6 is 0 Å². The molecule has 0 radical (unpaired) electrons. The highest BCUT2D eigenvalue weighted by Crippen LogP contribution is 2.16. The first-order valence-corrected chi connectivity index (χ1v) is 6.13. The number of nitrogens with zero attached hydrogens (tertiary/aromatic N) is 2. The molecule has 0 fully saturated rings. The predicted molar refractivity (Wildman–Crippen MR) is 62.9 cm³/mol. The molecule has 0 amide bonds. The van der Waals surface area contributed by atoms with E-state index in [1.807, 2.05) is 0 Å². The summed E-state index contributed by atoms with van der Waals surface area (Å²) in [6.07, 6.45) is 6.14. The van der Waals surface area contributed by atoms with Crippen molar-refractivity contribution in [2.45, 2.75) is 58.9 Å². The van der Waals surface area contributed by atoms with Crippen LogP contribution in [-0.4, -0.2) is 29.9 Å². The molecule has 1 atom stereocenters. The molecular formula is C12H24N2. The highest BCUT2D eigenvalue weighted by molar-refractivity contribution is 5.84. The molecule has 0 aromatic heterocycles. The minimum absolute atomic E-state index is 0.591. The van der Waals surface area contributed by atoms with Crippen LogP contribution in [0.15, 0.2) is 4.99 Å². The lowest BCUT2D eigenvalue weighted by atomic mass is 10.2. The number of hydrogen-bond acceptors (Lipinski definition) is 2. The van der Waals surface area contributed by atoms with Crippen molar-refractivity contribution in [2.75, 3.05) is 13.1 Å². The molecular weight excluding hydrogens is 172 g/mol. The van der Waals surface area contributed by atoms with E-state index >= 15 is 0 Å². The Morgan fingerprint density at radius 3 is 2.57 bits per heavy atom. The third-order valence-electron chi connectivity index (χ3n) is 2.72. The molecule has 0 aliphatic carbocycles. The zero-order valence-electron chi connectivity index (χ0n) is 9.92. The van der Waals surface area contributed by atoms with Gasteiger partial charge in [-0.2, -0.15) is 0 Å². The Hall–Kier alpha value is -0.530. The Kier molecular flexibility index (Phi) is 4.99. The van der Waals surface area contributed by atoms with E-state index in [2.05, 4.69) is 25.7 Å². The Labute approximate surface area is 88.4 Å². The van der Waals surface area contributed by atoms with Crippen molar-refractivity contribution in [3.63, 3.8) is 0 Å². The molecule has 1 aliphatic rings. The molecule has 0 saturated heterocycles. The van der Waals surface area contributed by atoms with Gasteiger partial charge in [0.15, 0.2) is 0 Å². The Bertz CT molecular complexity index is 187. The fraction of sp³-hybridized carbons (Fsp3) is 0.917. The van der Waals surface area contributed by atoms with Crippen LogP contribution in [0.5, 0.6) is 0 Å². The minimum Gasteiger partial charge on any atom is -0.358 e. The molecule has 1 heterocycles. The zero-order valence-corrected chi connectivity index (χ0v) is 9.92. The molecule has 1 aliphatic heterocycles. The van der Waals surface area contributed by atoms with Crippen molar-refractivity contribution in [3.8, 4) is 0 Å². The van der Waals surface area contributed by atoms with Crippen LogP contribution in [0.3, 0.4) is 0 Å². The molecule has 0 saturated carbocycles. The zero-order chi connectivity index (χ0) is 10.4. The molecule has 2 heteroatoms. The molecule has 1 rings (SSSR count). The third kappa shape index (κ3) is 3.00. The largest absolute Gasteiger partial charge is 0.358 e. The summed E-state index contributed by atoms with van der Waals surface area (Å²) in [7, 11) is 0. The smallest absolute Gasteiger partial charge is 0.0993 e. The van der Waals surface area contributed by atoms with Crippen LogP contribution in [-0.2, 0) is 0 Å². The summed E-state index contributed by atoms with van der Waals surface area (Å²) >= 11 is 0. The SMILES string of the molecule is CCCC1=NC(CCC)CN1CCC. The van der Waals surface area contributed by atoms with Crippen LogP contribution < -0.4 is 0 Å². The van der Waals surface area contributed by atoms with Gasteiger partial charge in [0.25, 0.3) is 0 Å². The maximum atomic E-state index is 4.81. The van der Waals surface area contributed by atoms with Crippen LogP contribution in [0, 0.1) is 0 Å². The van der Waals surface area contributed by atoms with E-state index in [0.29, 0.717) is 6.04 Å². The Morgan fingerprint density at radius 2 is 2.00 bits per heavy atom. The average molecular weight is 196 g/mol. The molecule has 2 nitrogen and oxygen atoms in total. The second kappa shape index (κ2) is 6.05. The third-order valence-corrected chi connectivity index (χ3v) is 2.72. The van der Waals surface area contributed by atoms with Gasteiger partial charge in [0.2, 0.25) is 0 Å². The highest BCUT2D eigenvalue weighted by Gasteiger charge is 2.22. The van der Waals surface area contributed by atoms with E-state index in [4.69, 9.17) is 4.99 Å². The molecule has 1 unspecified atom stereocenters. The lowest BCUT2D eigenvalue weighted by molar-refractivity contribution is 0.407. The Balaban J connectivity index is 2.49. The van der Waals surface area contributed by atoms with E-state index in [-0.39, 0.29) is 0 Å². The molecule has 0 aromatic carbocycles. The van der Waals surface area contributed by atoms with E-state index < -0.39 is 0 Å². The van der Waals surface area contributed by atoms with Gasteiger partial charge in [0.1, 0.15) is 0 Å². The number of amidine groups is 1. The fourth-order valence-electron chi connectivity index (χ4n) is 2.12. The molecule has 0 N–H and O–H groups in total. The van der Waals surface area contributed by atoms with Crippen LogP contribution in [0.4, 0.5) is 0 Å². The molecule has 0 spiro atoms. The maximum absolute atomic E-state index is 4.81. The molecule has 14 heavy (non-hydrogen) atoms. The first-order chi connectivity index (χ1) is 6.81. The fourth-order valence-corrected chi connectivity index (χ4v) is 2.12. The van der Waals surface area contributed by atoms with Crippen molar-refractivity contribution in [3.05, 3.63) is 0 Å². The first kappa shape index (κ1) is 11.5. The lowest BCUT2D eigenvalue weighted by Crippen LogP contribution is -2.29. The number of rotatable bonds is 6. The molecule has 0 aromatic rings. The van der Waals surface area contributed by atoms with Crippen LogP contribution in [0.1, 0.15) is 52.9 Å². The van der Waals surface area contributed by atoms with Gasteiger partial charge in [-0.05, 0) is 19.3 Å². The summed E-state index contributed by atoms with van der Waals surface area (Å²) in [5.41, 5.74) is 0. The van der Waals surface area contributed by atoms with Gasteiger partial charge in [-0.3, -0.25) is 4.99 Å². The summed E-state index contributed by atoms with van der Waals surface area (Å²) in [5.74, 6) is 1.37. The van der Waals surface area contributed by atoms with Gasteiger partial charge in [-0.1, -0.05) is 27.2 Å². The van der Waals surface area contributed by atoms with Crippen molar-refractivity contribution in [1.82, 2.24) is 4.90 Å². The van der Waals surface area contributed by atoms with Crippen molar-refractivity contribution >= 4 is 5.84 Å². The van der Waals surface area contributed by atoms with E-state index in [1.54, 1.807) is 0 Å². The van der Waals surface area contributed by atoms with Gasteiger partial charge in [-0.25, -0.2) is 0 Å². The van der Waals surface area contributed by atoms with Crippen molar-refractivity contribution in [2.24, 2.45) is 4.99 Å². The van der Waals surface area contributed by atoms with Gasteiger partial charge in [0.05, 0.1) is 11.9 Å². The normalized spacial score (nSPS) is 21.5. The Morgan fingerprint density at radius 1 is 1.21 bits per heavy atom. The topological polar surface area (TPSA) is 15.6 Å². The second-order valence-electron chi connectivity index (χ2n) is 4.18. The van der Waals surface area contributed by atoms with Gasteiger partial charge in [-0.15, -0.1) is 0 Å². The van der Waals surface area contributed by atoms with Gasteiger partial charge < -0.3 is 4.90 Å². The number of aliphatic imine (C=N–C) groups is 1. The van der Waals surface area contributed by atoms with Crippen LogP contribution in [0.2, 0.25) is 0 Å². The second-order valence-corrected chi connectivity index (χ2v) is 4.18. The lowest BCUT2D eigenvalue weighted by Gasteiger charge is -2.19. The molecule has 82 valence electrons. The van der Waals surface area contributed by atoms with E-state index in [9.17, 15) is 0 Å². The van der Waals surface area contributed by atoms with Gasteiger partial charge in [0, 0.05) is 19.5 Å². The highest BCUT2D eigenvalue weighted by atomic mass is 15.2. The number of hydrogen-bond donors (Lipinski definition) is 0. The monoisotopic (exact) mass is 196 g/mol. The average Bonchev–Trinajstić information content (AvgIpc) is 2.50. The summed E-state index contributed by atoms with van der Waals surface area (Å²) < 4.78 is 0. The first-order valence-electron chi connectivity index (χ1n) is 6.13. The molecule has 0 bridgehead atoms. The summed E-state index contributed by atoms with van der Waals surface area (Å²) in [5, 5.41) is 0. The summed E-state index contributed by atoms with van der Waals surface area (Å²) in [4.78, 5) is 7.30.